The van der Waals surface area contributed by atoms with Gasteiger partial charge in [-0.3, -0.25) is 9.78 Å². The quantitative estimate of drug-likeness (QED) is 0.300. The van der Waals surface area contributed by atoms with Crippen LogP contribution in [0.2, 0.25) is 0 Å². The first-order chi connectivity index (χ1) is 16.3. The van der Waals surface area contributed by atoms with E-state index in [-0.39, 0.29) is 23.5 Å². The van der Waals surface area contributed by atoms with E-state index < -0.39 is 41.4 Å². The number of halogens is 4. The lowest BCUT2D eigenvalue weighted by Crippen LogP contribution is -2.32. The Hall–Kier alpha value is -4.44. The van der Waals surface area contributed by atoms with E-state index in [4.69, 9.17) is 11.0 Å². The number of nitrogens with zero attached hydrogens (tertiary/aromatic N) is 3. The lowest BCUT2D eigenvalue weighted by atomic mass is 9.88. The summed E-state index contributed by atoms with van der Waals surface area (Å²) in [5.41, 5.74) is -2.25. The largest absolute Gasteiger partial charge is 0.461 e. The van der Waals surface area contributed by atoms with Crippen LogP contribution >= 0.6 is 0 Å². The van der Waals surface area contributed by atoms with Gasteiger partial charge in [0.1, 0.15) is 11.3 Å². The van der Waals surface area contributed by atoms with Crippen molar-refractivity contribution in [3.05, 3.63) is 99.8 Å². The van der Waals surface area contributed by atoms with Crippen molar-refractivity contribution in [2.75, 3.05) is 0 Å². The zero-order valence-electron chi connectivity index (χ0n) is 17.2. The van der Waals surface area contributed by atoms with Crippen LogP contribution in [0.3, 0.4) is 0 Å². The Labute approximate surface area is 190 Å². The number of carbonyl (C=O) groups excluding carboxylic acids is 1. The molecule has 1 atom stereocenters. The minimum Gasteiger partial charge on any atom is -0.461 e. The summed E-state index contributed by atoms with van der Waals surface area (Å²) in [6.45, 7) is 7.38. The Balaban J connectivity index is 1.84. The van der Waals surface area contributed by atoms with E-state index in [1.165, 1.54) is 18.3 Å². The fourth-order valence-electron chi connectivity index (χ4n) is 3.79. The number of hydrogen-bond acceptors (Lipinski definition) is 5. The Morgan fingerprint density at radius 2 is 1.88 bits per heavy atom. The maximum absolute atomic E-state index is 13.6. The predicted molar refractivity (Wildman–Crippen MR) is 113 cm³/mol. The lowest BCUT2D eigenvalue weighted by Gasteiger charge is -2.26. The van der Waals surface area contributed by atoms with Gasteiger partial charge in [-0.2, -0.15) is 5.26 Å². The third-order valence-corrected chi connectivity index (χ3v) is 5.33. The maximum Gasteiger partial charge on any atom is 0.279 e. The smallest absolute Gasteiger partial charge is 0.279 e. The summed E-state index contributed by atoms with van der Waals surface area (Å²) in [4.78, 5) is 20.0. The number of nitrogens with one attached hydrogen (secondary N) is 1. The topological polar surface area (TPSA) is 83.3 Å². The van der Waals surface area contributed by atoms with Gasteiger partial charge in [-0.25, -0.2) is 22.4 Å². The van der Waals surface area contributed by atoms with E-state index >= 15 is 0 Å². The Morgan fingerprint density at radius 3 is 2.50 bits per heavy atom. The summed E-state index contributed by atoms with van der Waals surface area (Å²) in [6.07, 6.45) is -5.24. The van der Waals surface area contributed by atoms with E-state index in [0.29, 0.717) is 16.6 Å². The molecule has 2 aromatic heterocycles. The van der Waals surface area contributed by atoms with E-state index in [0.717, 1.165) is 0 Å². The molecule has 170 valence electrons. The normalized spacial score (nSPS) is 16.1. The zero-order valence-corrected chi connectivity index (χ0v) is 17.2. The number of rotatable bonds is 6. The number of benzene rings is 1. The van der Waals surface area contributed by atoms with E-state index in [1.807, 2.05) is 5.32 Å². The highest BCUT2D eigenvalue weighted by molar-refractivity contribution is 5.99. The van der Waals surface area contributed by atoms with Gasteiger partial charge in [0, 0.05) is 17.1 Å². The number of ketones is 1. The maximum atomic E-state index is 13.6. The molecule has 0 amide bonds. The molecular weight excluding hydrogens is 452 g/mol. The zero-order chi connectivity index (χ0) is 24.4. The van der Waals surface area contributed by atoms with Gasteiger partial charge in [0.25, 0.3) is 12.9 Å². The minimum atomic E-state index is -3.26. The van der Waals surface area contributed by atoms with Gasteiger partial charge in [-0.1, -0.05) is 30.3 Å². The molecule has 1 aliphatic heterocycles. The van der Waals surface area contributed by atoms with Crippen LogP contribution in [-0.4, -0.2) is 23.6 Å². The second-order valence-electron chi connectivity index (χ2n) is 7.29. The van der Waals surface area contributed by atoms with Crippen molar-refractivity contribution >= 4 is 16.8 Å². The molecule has 1 unspecified atom stereocenters. The predicted octanol–water partition coefficient (Wildman–Crippen LogP) is 5.38. The van der Waals surface area contributed by atoms with Gasteiger partial charge in [-0.05, 0) is 12.1 Å². The van der Waals surface area contributed by atoms with E-state index in [1.54, 1.807) is 36.4 Å². The molecule has 0 radical (unpaired) electrons. The average molecular weight is 466 g/mol. The van der Waals surface area contributed by atoms with Gasteiger partial charge in [0.05, 0.1) is 47.6 Å². The fraction of sp³-hybridized carbons (Fsp3) is 0.167. The van der Waals surface area contributed by atoms with Crippen LogP contribution in [0.4, 0.5) is 17.6 Å². The molecule has 0 aliphatic carbocycles. The highest BCUT2D eigenvalue weighted by Crippen LogP contribution is 2.43. The highest BCUT2D eigenvalue weighted by atomic mass is 19.3. The second-order valence-corrected chi connectivity index (χ2v) is 7.29. The number of dihydropyridines is 1. The fourth-order valence-corrected chi connectivity index (χ4v) is 3.79. The number of furan rings is 1. The molecule has 1 N–H and O–H groups in total. The van der Waals surface area contributed by atoms with Crippen molar-refractivity contribution in [2.24, 2.45) is 0 Å². The molecule has 1 aromatic carbocycles. The number of hydrogen-bond donors (Lipinski definition) is 1. The van der Waals surface area contributed by atoms with Gasteiger partial charge in [-0.15, -0.1) is 0 Å². The SMILES string of the molecule is [C-]#[N+]C1=C(C(F)F)NC(C(F)F)=C(C#N)C1c1cc2c(CC(=O)c3ccccc3)nccc2o1. The molecule has 6 nitrogen and oxygen atoms in total. The van der Waals surface area contributed by atoms with Crippen molar-refractivity contribution in [2.45, 2.75) is 25.2 Å². The molecule has 3 aromatic rings. The van der Waals surface area contributed by atoms with E-state index in [9.17, 15) is 27.6 Å². The average Bonchev–Trinajstić information content (AvgIpc) is 3.27. The summed E-state index contributed by atoms with van der Waals surface area (Å²) >= 11 is 0. The molecule has 0 saturated heterocycles. The number of fused-ring (bicyclic) bond motifs is 1. The van der Waals surface area contributed by atoms with Crippen LogP contribution in [-0.2, 0) is 6.42 Å². The first-order valence-electron chi connectivity index (χ1n) is 9.90. The van der Waals surface area contributed by atoms with Crippen LogP contribution in [0, 0.1) is 17.9 Å². The van der Waals surface area contributed by atoms with Crippen molar-refractivity contribution in [1.29, 1.82) is 5.26 Å². The number of alkyl halides is 4. The lowest BCUT2D eigenvalue weighted by molar-refractivity contribution is 0.0992. The van der Waals surface area contributed by atoms with Crippen LogP contribution in [0.1, 0.15) is 27.7 Å². The number of nitriles is 1. The van der Waals surface area contributed by atoms with Crippen LogP contribution < -0.4 is 5.32 Å². The number of carbonyl (C=O) groups is 1. The molecule has 0 spiro atoms. The van der Waals surface area contributed by atoms with Crippen LogP contribution in [0.25, 0.3) is 15.8 Å². The minimum absolute atomic E-state index is 0.108. The standard InChI is InChI=1S/C24H14F4N4O2/c1-30-21-19(14(11-29)20(23(25)26)32-22(21)24(27)28)18-9-13-15(31-8-7-17(13)34-18)10-16(33)12-5-3-2-4-6-12/h2-9,19,23-24,32H,10H2. The van der Waals surface area contributed by atoms with Gasteiger partial charge in [0.2, 0.25) is 5.70 Å². The Morgan fingerprint density at radius 1 is 1.18 bits per heavy atom. The third kappa shape index (κ3) is 4.02. The summed E-state index contributed by atoms with van der Waals surface area (Å²) in [7, 11) is 0. The van der Waals surface area contributed by atoms with Crippen LogP contribution in [0.5, 0.6) is 0 Å². The number of allylic oxidation sites excluding steroid dienone is 3. The molecule has 0 bridgehead atoms. The van der Waals surface area contributed by atoms with E-state index in [2.05, 4.69) is 9.83 Å². The van der Waals surface area contributed by atoms with Gasteiger partial charge >= 0.3 is 0 Å². The molecular formula is C24H14F4N4O2. The first-order valence-corrected chi connectivity index (χ1v) is 9.90. The van der Waals surface area contributed by atoms with Gasteiger partial charge in [0.15, 0.2) is 5.78 Å². The second kappa shape index (κ2) is 9.20. The highest BCUT2D eigenvalue weighted by Gasteiger charge is 2.40. The molecule has 3 heterocycles. The summed E-state index contributed by atoms with van der Waals surface area (Å²) < 4.78 is 60.1. The molecule has 34 heavy (non-hydrogen) atoms. The Kier molecular flexibility index (Phi) is 6.15. The molecule has 1 aliphatic rings. The summed E-state index contributed by atoms with van der Waals surface area (Å²) in [5, 5.41) is 11.8. The molecule has 10 heteroatoms. The van der Waals surface area contributed by atoms with Crippen LogP contribution in [0.15, 0.2) is 75.7 Å². The molecule has 4 rings (SSSR count). The summed E-state index contributed by atoms with van der Waals surface area (Å²) in [5.74, 6) is -1.96. The van der Waals surface area contributed by atoms with Crippen molar-refractivity contribution < 1.29 is 26.8 Å². The van der Waals surface area contributed by atoms with Crippen molar-refractivity contribution in [1.82, 2.24) is 10.3 Å². The third-order valence-electron chi connectivity index (χ3n) is 5.33. The molecule has 0 saturated carbocycles. The monoisotopic (exact) mass is 466 g/mol. The van der Waals surface area contributed by atoms with Crippen molar-refractivity contribution in [3.63, 3.8) is 0 Å². The number of pyridine rings is 1. The molecule has 0 fully saturated rings. The number of aromatic nitrogens is 1. The first kappa shape index (κ1) is 22.7. The summed E-state index contributed by atoms with van der Waals surface area (Å²) in [6, 6.07) is 12.9. The van der Waals surface area contributed by atoms with Gasteiger partial charge < -0.3 is 9.73 Å². The number of Topliss-reactive ketones (excluding diaryl/α,β-unsaturated/α-hetero) is 1. The Bertz CT molecular complexity index is 1370. The van der Waals surface area contributed by atoms with Crippen molar-refractivity contribution in [3.8, 4) is 6.07 Å².